The number of hydrogen-bond donors (Lipinski definition) is 1. The van der Waals surface area contributed by atoms with Gasteiger partial charge in [0.05, 0.1) is 5.69 Å². The van der Waals surface area contributed by atoms with Crippen LogP contribution in [0.4, 0.5) is 11.4 Å². The number of ether oxygens (including phenoxy) is 1. The van der Waals surface area contributed by atoms with Crippen molar-refractivity contribution in [2.24, 2.45) is 0 Å². The molecule has 3 rings (SSSR count). The molecule has 1 aromatic heterocycles. The summed E-state index contributed by atoms with van der Waals surface area (Å²) >= 11 is 0. The highest BCUT2D eigenvalue weighted by molar-refractivity contribution is 6.00. The van der Waals surface area contributed by atoms with Crippen molar-refractivity contribution in [3.63, 3.8) is 0 Å². The Morgan fingerprint density at radius 1 is 1.33 bits per heavy atom. The third-order valence-electron chi connectivity index (χ3n) is 3.82. The molecule has 0 aliphatic carbocycles. The van der Waals surface area contributed by atoms with Crippen LogP contribution in [0.25, 0.3) is 0 Å². The van der Waals surface area contributed by atoms with Gasteiger partial charge in [0, 0.05) is 30.5 Å². The van der Waals surface area contributed by atoms with E-state index in [4.69, 9.17) is 4.74 Å². The van der Waals surface area contributed by atoms with E-state index < -0.39 is 6.10 Å². The van der Waals surface area contributed by atoms with Crippen molar-refractivity contribution in [2.45, 2.75) is 26.4 Å². The number of pyridine rings is 1. The largest absolute Gasteiger partial charge is 0.479 e. The van der Waals surface area contributed by atoms with Crippen LogP contribution in [0.1, 0.15) is 19.0 Å². The molecule has 124 valence electrons. The Morgan fingerprint density at radius 2 is 2.12 bits per heavy atom. The third-order valence-corrected chi connectivity index (χ3v) is 3.82. The number of aromatic nitrogens is 1. The molecule has 1 atom stereocenters. The smallest absolute Gasteiger partial charge is 0.267 e. The maximum absolute atomic E-state index is 12.4. The van der Waals surface area contributed by atoms with Crippen molar-refractivity contribution in [3.05, 3.63) is 48.3 Å². The standard InChI is InChI=1S/C18H19N3O3/c1-12-11-14(7-9-19-12)20-17(22)8-10-21-15-5-3-4-6-16(15)24-13(2)18(21)23/h3-7,9,11,13H,8,10H2,1-2H3,(H,19,20,22). The number of fused-ring (bicyclic) bond motifs is 1. The van der Waals surface area contributed by atoms with Gasteiger partial charge in [0.2, 0.25) is 5.91 Å². The van der Waals surface area contributed by atoms with Gasteiger partial charge in [-0.25, -0.2) is 0 Å². The van der Waals surface area contributed by atoms with Crippen LogP contribution in [0, 0.1) is 6.92 Å². The minimum Gasteiger partial charge on any atom is -0.479 e. The molecule has 1 unspecified atom stereocenters. The molecular weight excluding hydrogens is 306 g/mol. The molecule has 2 heterocycles. The molecule has 0 bridgehead atoms. The lowest BCUT2D eigenvalue weighted by atomic mass is 10.1. The molecule has 1 aliphatic rings. The summed E-state index contributed by atoms with van der Waals surface area (Å²) < 4.78 is 5.59. The maximum Gasteiger partial charge on any atom is 0.267 e. The third kappa shape index (κ3) is 3.37. The van der Waals surface area contributed by atoms with Crippen LogP contribution in [-0.2, 0) is 9.59 Å². The molecule has 6 heteroatoms. The summed E-state index contributed by atoms with van der Waals surface area (Å²) in [6.45, 7) is 3.88. The highest BCUT2D eigenvalue weighted by Gasteiger charge is 2.31. The van der Waals surface area contributed by atoms with E-state index in [0.717, 1.165) is 5.69 Å². The number of benzene rings is 1. The molecule has 1 aliphatic heterocycles. The SMILES string of the molecule is Cc1cc(NC(=O)CCN2C(=O)C(C)Oc3ccccc32)ccn1. The van der Waals surface area contributed by atoms with Crippen molar-refractivity contribution in [3.8, 4) is 5.75 Å². The average molecular weight is 325 g/mol. The minimum absolute atomic E-state index is 0.138. The molecule has 0 radical (unpaired) electrons. The van der Waals surface area contributed by atoms with E-state index in [1.165, 1.54) is 0 Å². The number of carbonyl (C=O) groups excluding carboxylic acids is 2. The van der Waals surface area contributed by atoms with Gasteiger partial charge in [-0.2, -0.15) is 0 Å². The van der Waals surface area contributed by atoms with Crippen LogP contribution in [-0.4, -0.2) is 29.4 Å². The molecule has 0 saturated carbocycles. The second kappa shape index (κ2) is 6.70. The van der Waals surface area contributed by atoms with Gasteiger partial charge in [0.1, 0.15) is 5.75 Å². The first-order valence-electron chi connectivity index (χ1n) is 7.84. The summed E-state index contributed by atoms with van der Waals surface area (Å²) in [5.74, 6) is 0.376. The van der Waals surface area contributed by atoms with Gasteiger partial charge in [0.15, 0.2) is 6.10 Å². The molecule has 0 fully saturated rings. The summed E-state index contributed by atoms with van der Waals surface area (Å²) in [6, 6.07) is 10.9. The quantitative estimate of drug-likeness (QED) is 0.937. The number of anilines is 2. The van der Waals surface area contributed by atoms with Crippen LogP contribution in [0.5, 0.6) is 5.75 Å². The fourth-order valence-electron chi connectivity index (χ4n) is 2.65. The van der Waals surface area contributed by atoms with Crippen molar-refractivity contribution < 1.29 is 14.3 Å². The van der Waals surface area contributed by atoms with Crippen molar-refractivity contribution in [2.75, 3.05) is 16.8 Å². The Balaban J connectivity index is 1.67. The number of amides is 2. The van der Waals surface area contributed by atoms with Crippen molar-refractivity contribution in [1.82, 2.24) is 4.98 Å². The maximum atomic E-state index is 12.4. The van der Waals surface area contributed by atoms with Crippen LogP contribution < -0.4 is 15.0 Å². The van der Waals surface area contributed by atoms with Gasteiger partial charge in [-0.05, 0) is 38.1 Å². The second-order valence-electron chi connectivity index (χ2n) is 5.70. The fourth-order valence-corrected chi connectivity index (χ4v) is 2.65. The topological polar surface area (TPSA) is 71.5 Å². The Bertz CT molecular complexity index is 776. The zero-order chi connectivity index (χ0) is 17.1. The Labute approximate surface area is 140 Å². The molecule has 0 saturated heterocycles. The number of rotatable bonds is 4. The molecular formula is C18H19N3O3. The Morgan fingerprint density at radius 3 is 2.92 bits per heavy atom. The van der Waals surface area contributed by atoms with E-state index in [1.54, 1.807) is 30.2 Å². The Hall–Kier alpha value is -2.89. The van der Waals surface area contributed by atoms with E-state index in [2.05, 4.69) is 10.3 Å². The summed E-state index contributed by atoms with van der Waals surface area (Å²) in [5, 5.41) is 2.82. The second-order valence-corrected chi connectivity index (χ2v) is 5.70. The lowest BCUT2D eigenvalue weighted by Gasteiger charge is -2.32. The van der Waals surface area contributed by atoms with Crippen LogP contribution in [0.3, 0.4) is 0 Å². The number of para-hydroxylation sites is 2. The first-order valence-corrected chi connectivity index (χ1v) is 7.84. The van der Waals surface area contributed by atoms with E-state index in [1.807, 2.05) is 31.2 Å². The summed E-state index contributed by atoms with van der Waals surface area (Å²) in [4.78, 5) is 30.2. The van der Waals surface area contributed by atoms with Crippen LogP contribution >= 0.6 is 0 Å². The van der Waals surface area contributed by atoms with Crippen molar-refractivity contribution >= 4 is 23.2 Å². The lowest BCUT2D eigenvalue weighted by Crippen LogP contribution is -2.45. The number of nitrogens with one attached hydrogen (secondary N) is 1. The number of nitrogens with zero attached hydrogens (tertiary/aromatic N) is 2. The first kappa shape index (κ1) is 16.0. The van der Waals surface area contributed by atoms with E-state index in [-0.39, 0.29) is 18.2 Å². The predicted octanol–water partition coefficient (Wildman–Crippen LogP) is 2.53. The van der Waals surface area contributed by atoms with E-state index in [9.17, 15) is 9.59 Å². The number of aryl methyl sites for hydroxylation is 1. The highest BCUT2D eigenvalue weighted by Crippen LogP contribution is 2.33. The zero-order valence-electron chi connectivity index (χ0n) is 13.7. The molecule has 0 spiro atoms. The van der Waals surface area contributed by atoms with Gasteiger partial charge >= 0.3 is 0 Å². The Kier molecular flexibility index (Phi) is 4.46. The van der Waals surface area contributed by atoms with E-state index >= 15 is 0 Å². The van der Waals surface area contributed by atoms with E-state index in [0.29, 0.717) is 23.7 Å². The van der Waals surface area contributed by atoms with Gasteiger partial charge in [-0.15, -0.1) is 0 Å². The van der Waals surface area contributed by atoms with Crippen LogP contribution in [0.2, 0.25) is 0 Å². The van der Waals surface area contributed by atoms with Gasteiger partial charge < -0.3 is 15.0 Å². The summed E-state index contributed by atoms with van der Waals surface area (Å²) in [6.07, 6.45) is 1.30. The van der Waals surface area contributed by atoms with Gasteiger partial charge in [0.25, 0.3) is 5.91 Å². The lowest BCUT2D eigenvalue weighted by molar-refractivity contribution is -0.125. The van der Waals surface area contributed by atoms with Crippen LogP contribution in [0.15, 0.2) is 42.6 Å². The minimum atomic E-state index is -0.550. The molecule has 1 N–H and O–H groups in total. The average Bonchev–Trinajstić information content (AvgIpc) is 2.55. The van der Waals surface area contributed by atoms with Gasteiger partial charge in [-0.1, -0.05) is 12.1 Å². The number of hydrogen-bond acceptors (Lipinski definition) is 4. The van der Waals surface area contributed by atoms with Crippen molar-refractivity contribution in [1.29, 1.82) is 0 Å². The predicted molar refractivity (Wildman–Crippen MR) is 91.1 cm³/mol. The summed E-state index contributed by atoms with van der Waals surface area (Å²) in [7, 11) is 0. The molecule has 1 aromatic carbocycles. The monoisotopic (exact) mass is 325 g/mol. The summed E-state index contributed by atoms with van der Waals surface area (Å²) in [5.41, 5.74) is 2.24. The molecule has 2 aromatic rings. The fraction of sp³-hybridized carbons (Fsp3) is 0.278. The normalized spacial score (nSPS) is 16.3. The molecule has 24 heavy (non-hydrogen) atoms. The zero-order valence-corrected chi connectivity index (χ0v) is 13.7. The highest BCUT2D eigenvalue weighted by atomic mass is 16.5. The number of carbonyl (C=O) groups is 2. The van der Waals surface area contributed by atoms with Gasteiger partial charge in [-0.3, -0.25) is 14.6 Å². The molecule has 6 nitrogen and oxygen atoms in total. The first-order chi connectivity index (χ1) is 11.5. The molecule has 2 amide bonds.